The molecule has 0 radical (unpaired) electrons. The summed E-state index contributed by atoms with van der Waals surface area (Å²) in [7, 11) is 0. The van der Waals surface area contributed by atoms with Gasteiger partial charge in [0, 0.05) is 11.9 Å². The summed E-state index contributed by atoms with van der Waals surface area (Å²) in [6.07, 6.45) is 0. The molecule has 31 heavy (non-hydrogen) atoms. The van der Waals surface area contributed by atoms with Crippen LogP contribution in [0.1, 0.15) is 22.4 Å². The Morgan fingerprint density at radius 3 is 2.58 bits per heavy atom. The second-order valence-electron chi connectivity index (χ2n) is 6.59. The molecule has 0 saturated heterocycles. The number of rotatable bonds is 6. The number of amides is 2. The average molecular weight is 437 g/mol. The van der Waals surface area contributed by atoms with Crippen molar-refractivity contribution in [1.29, 1.82) is 0 Å². The fraction of sp³-hybridized carbons (Fsp3) is 0.190. The van der Waals surface area contributed by atoms with Crippen LogP contribution in [0.25, 0.3) is 21.0 Å². The molecule has 0 atom stereocenters. The van der Waals surface area contributed by atoms with Crippen LogP contribution in [-0.2, 0) is 22.7 Å². The van der Waals surface area contributed by atoms with Crippen LogP contribution in [-0.4, -0.2) is 33.2 Å². The van der Waals surface area contributed by atoms with Gasteiger partial charge in [0.05, 0.1) is 22.2 Å². The Bertz CT molecular complexity index is 1300. The second-order valence-corrected chi connectivity index (χ2v) is 7.70. The summed E-state index contributed by atoms with van der Waals surface area (Å²) in [5.74, 6) is -1.15. The summed E-state index contributed by atoms with van der Waals surface area (Å²) in [6, 6.07) is 14.4. The first-order valence-electron chi connectivity index (χ1n) is 9.58. The van der Waals surface area contributed by atoms with Crippen molar-refractivity contribution in [3.8, 4) is 0 Å². The maximum absolute atomic E-state index is 12.6. The van der Waals surface area contributed by atoms with Crippen molar-refractivity contribution in [2.45, 2.75) is 20.1 Å². The van der Waals surface area contributed by atoms with E-state index in [4.69, 9.17) is 4.74 Å². The van der Waals surface area contributed by atoms with E-state index in [0.717, 1.165) is 15.2 Å². The lowest BCUT2D eigenvalue weighted by Crippen LogP contribution is -2.44. The highest BCUT2D eigenvalue weighted by molar-refractivity contribution is 7.18. The normalized spacial score (nSPS) is 11.0. The third-order valence-electron chi connectivity index (χ3n) is 4.49. The standard InChI is InChI=1S/C21H19N5O4S/c1-2-26-21(29)14-8-4-3-7-13(14)19(25-26)20(28)24-23-17(27)11-30-12-18-22-15-9-5-6-10-16(15)31-18/h3-10H,2,11-12H2,1H3,(H,23,27)(H,24,28). The number of hydrogen-bond acceptors (Lipinski definition) is 7. The molecule has 0 bridgehead atoms. The molecule has 0 aliphatic heterocycles. The maximum Gasteiger partial charge on any atom is 0.290 e. The molecule has 4 aromatic rings. The van der Waals surface area contributed by atoms with E-state index in [1.807, 2.05) is 24.3 Å². The Hall–Kier alpha value is -3.63. The second kappa shape index (κ2) is 9.02. The minimum atomic E-state index is -0.627. The number of aryl methyl sites for hydroxylation is 1. The first kappa shape index (κ1) is 20.6. The number of carbonyl (C=O) groups is 2. The molecule has 2 aromatic heterocycles. The summed E-state index contributed by atoms with van der Waals surface area (Å²) in [5, 5.41) is 5.68. The maximum atomic E-state index is 12.6. The number of para-hydroxylation sites is 1. The van der Waals surface area contributed by atoms with Gasteiger partial charge in [-0.3, -0.25) is 25.2 Å². The monoisotopic (exact) mass is 437 g/mol. The van der Waals surface area contributed by atoms with Crippen molar-refractivity contribution < 1.29 is 14.3 Å². The summed E-state index contributed by atoms with van der Waals surface area (Å²) in [6.45, 7) is 2.01. The Balaban J connectivity index is 1.35. The molecule has 2 amide bonds. The van der Waals surface area contributed by atoms with Crippen LogP contribution >= 0.6 is 11.3 Å². The molecule has 0 saturated carbocycles. The van der Waals surface area contributed by atoms with E-state index in [1.54, 1.807) is 31.2 Å². The lowest BCUT2D eigenvalue weighted by Gasteiger charge is -2.11. The van der Waals surface area contributed by atoms with Gasteiger partial charge in [0.15, 0.2) is 5.69 Å². The minimum Gasteiger partial charge on any atom is -0.364 e. The van der Waals surface area contributed by atoms with Crippen LogP contribution < -0.4 is 16.4 Å². The third-order valence-corrected chi connectivity index (χ3v) is 5.50. The van der Waals surface area contributed by atoms with Gasteiger partial charge < -0.3 is 4.74 Å². The third kappa shape index (κ3) is 4.44. The van der Waals surface area contributed by atoms with Gasteiger partial charge in [-0.05, 0) is 25.1 Å². The summed E-state index contributed by atoms with van der Waals surface area (Å²) in [4.78, 5) is 41.4. The lowest BCUT2D eigenvalue weighted by molar-refractivity contribution is -0.126. The van der Waals surface area contributed by atoms with E-state index < -0.39 is 11.8 Å². The molecule has 0 aliphatic carbocycles. The molecule has 9 nitrogen and oxygen atoms in total. The summed E-state index contributed by atoms with van der Waals surface area (Å²) in [5.41, 5.74) is 5.28. The minimum absolute atomic E-state index is 0.0488. The van der Waals surface area contributed by atoms with Gasteiger partial charge in [0.25, 0.3) is 17.4 Å². The van der Waals surface area contributed by atoms with Gasteiger partial charge in [0.2, 0.25) is 0 Å². The van der Waals surface area contributed by atoms with Crippen molar-refractivity contribution in [3.63, 3.8) is 0 Å². The number of nitrogens with zero attached hydrogens (tertiary/aromatic N) is 3. The van der Waals surface area contributed by atoms with E-state index in [1.165, 1.54) is 16.0 Å². The molecule has 2 heterocycles. The van der Waals surface area contributed by atoms with Crippen LogP contribution in [0.5, 0.6) is 0 Å². The lowest BCUT2D eigenvalue weighted by atomic mass is 10.1. The fourth-order valence-corrected chi connectivity index (χ4v) is 3.96. The summed E-state index contributed by atoms with van der Waals surface area (Å²) < 4.78 is 7.65. The molecular weight excluding hydrogens is 418 g/mol. The largest absolute Gasteiger partial charge is 0.364 e. The smallest absolute Gasteiger partial charge is 0.290 e. The molecule has 4 rings (SSSR count). The predicted octanol–water partition coefficient (Wildman–Crippen LogP) is 2.00. The molecule has 0 fully saturated rings. The molecule has 2 N–H and O–H groups in total. The number of nitrogens with one attached hydrogen (secondary N) is 2. The van der Waals surface area contributed by atoms with Gasteiger partial charge in [-0.1, -0.05) is 30.3 Å². The van der Waals surface area contributed by atoms with E-state index in [0.29, 0.717) is 17.3 Å². The first-order valence-corrected chi connectivity index (χ1v) is 10.4. The number of fused-ring (bicyclic) bond motifs is 2. The van der Waals surface area contributed by atoms with Crippen LogP contribution in [0, 0.1) is 0 Å². The Labute approximate surface area is 180 Å². The van der Waals surface area contributed by atoms with Gasteiger partial charge >= 0.3 is 0 Å². The first-order chi connectivity index (χ1) is 15.1. The highest BCUT2D eigenvalue weighted by atomic mass is 32.1. The van der Waals surface area contributed by atoms with E-state index >= 15 is 0 Å². The van der Waals surface area contributed by atoms with Crippen LogP contribution in [0.3, 0.4) is 0 Å². The summed E-state index contributed by atoms with van der Waals surface area (Å²) >= 11 is 1.50. The Morgan fingerprint density at radius 2 is 1.81 bits per heavy atom. The quantitative estimate of drug-likeness (QED) is 0.446. The zero-order chi connectivity index (χ0) is 21.8. The molecule has 0 unspecified atom stereocenters. The number of benzene rings is 2. The van der Waals surface area contributed by atoms with Gasteiger partial charge in [-0.2, -0.15) is 5.10 Å². The molecular formula is C21H19N5O4S. The highest BCUT2D eigenvalue weighted by Gasteiger charge is 2.17. The molecule has 158 valence electrons. The van der Waals surface area contributed by atoms with Gasteiger partial charge in [-0.25, -0.2) is 9.67 Å². The number of aromatic nitrogens is 3. The fourth-order valence-electron chi connectivity index (χ4n) is 3.05. The highest BCUT2D eigenvalue weighted by Crippen LogP contribution is 2.21. The van der Waals surface area contributed by atoms with Gasteiger partial charge in [0.1, 0.15) is 11.6 Å². The van der Waals surface area contributed by atoms with Crippen molar-refractivity contribution >= 4 is 44.1 Å². The van der Waals surface area contributed by atoms with Crippen LogP contribution in [0.2, 0.25) is 0 Å². The molecule has 0 aliphatic rings. The topological polar surface area (TPSA) is 115 Å². The molecule has 10 heteroatoms. The SMILES string of the molecule is CCn1nc(C(=O)NNC(=O)COCc2nc3ccccc3s2)c2ccccc2c1=O. The number of carbonyl (C=O) groups excluding carboxylic acids is 2. The number of ether oxygens (including phenoxy) is 1. The van der Waals surface area contributed by atoms with Crippen LogP contribution in [0.15, 0.2) is 53.3 Å². The van der Waals surface area contributed by atoms with E-state index in [-0.39, 0.29) is 24.5 Å². The zero-order valence-electron chi connectivity index (χ0n) is 16.6. The van der Waals surface area contributed by atoms with Crippen molar-refractivity contribution in [3.05, 3.63) is 69.6 Å². The average Bonchev–Trinajstić information content (AvgIpc) is 3.21. The van der Waals surface area contributed by atoms with Gasteiger partial charge in [-0.15, -0.1) is 11.3 Å². The molecule has 2 aromatic carbocycles. The van der Waals surface area contributed by atoms with Crippen molar-refractivity contribution in [2.24, 2.45) is 0 Å². The number of hydrogen-bond donors (Lipinski definition) is 2. The van der Waals surface area contributed by atoms with E-state index in [2.05, 4.69) is 20.9 Å². The number of hydrazine groups is 1. The molecule has 0 spiro atoms. The Morgan fingerprint density at radius 1 is 1.06 bits per heavy atom. The Kier molecular flexibility index (Phi) is 6.01. The zero-order valence-corrected chi connectivity index (χ0v) is 17.4. The van der Waals surface area contributed by atoms with Crippen LogP contribution in [0.4, 0.5) is 0 Å². The number of thiazole rings is 1. The van der Waals surface area contributed by atoms with Crippen molar-refractivity contribution in [2.75, 3.05) is 6.61 Å². The van der Waals surface area contributed by atoms with E-state index in [9.17, 15) is 14.4 Å². The predicted molar refractivity (Wildman–Crippen MR) is 117 cm³/mol. The van der Waals surface area contributed by atoms with Crippen molar-refractivity contribution in [1.82, 2.24) is 25.6 Å².